The molecule has 0 spiro atoms. The average Bonchev–Trinajstić information content (AvgIpc) is 2.18. The van der Waals surface area contributed by atoms with Gasteiger partial charge in [0.25, 0.3) is 0 Å². The maximum atomic E-state index is 11.6. The lowest BCUT2D eigenvalue weighted by Crippen LogP contribution is -2.46. The van der Waals surface area contributed by atoms with Gasteiger partial charge in [0.1, 0.15) is 0 Å². The molecule has 1 unspecified atom stereocenters. The maximum absolute atomic E-state index is 11.6. The zero-order chi connectivity index (χ0) is 11.0. The average molecular weight is 200 g/mol. The summed E-state index contributed by atoms with van der Waals surface area (Å²) in [5, 5.41) is 9.17. The second-order valence-electron chi connectivity index (χ2n) is 4.50. The van der Waals surface area contributed by atoms with Crippen molar-refractivity contribution in [3.05, 3.63) is 0 Å². The molecule has 1 N–H and O–H groups in total. The molecule has 0 saturated carbocycles. The van der Waals surface area contributed by atoms with Crippen LogP contribution in [0.5, 0.6) is 0 Å². The summed E-state index contributed by atoms with van der Waals surface area (Å²) in [5.74, 6) is -1.35. The van der Waals surface area contributed by atoms with Crippen LogP contribution in [0, 0.1) is 10.8 Å². The monoisotopic (exact) mass is 200 g/mol. The molecular formula is C10H16O4. The topological polar surface area (TPSA) is 63.6 Å². The van der Waals surface area contributed by atoms with E-state index in [1.54, 1.807) is 20.8 Å². The number of hydrogen-bond acceptors (Lipinski definition) is 3. The number of carbonyl (C=O) groups excluding carboxylic acids is 1. The van der Waals surface area contributed by atoms with E-state index in [0.717, 1.165) is 0 Å². The van der Waals surface area contributed by atoms with Crippen LogP contribution in [0.2, 0.25) is 0 Å². The molecule has 0 radical (unpaired) electrons. The summed E-state index contributed by atoms with van der Waals surface area (Å²) in [5.41, 5.74) is -1.99. The lowest BCUT2D eigenvalue weighted by Gasteiger charge is -2.36. The van der Waals surface area contributed by atoms with Crippen LogP contribution in [0.3, 0.4) is 0 Å². The molecule has 1 atom stereocenters. The van der Waals surface area contributed by atoms with Gasteiger partial charge in [-0.05, 0) is 33.6 Å². The summed E-state index contributed by atoms with van der Waals surface area (Å²) >= 11 is 0. The number of rotatable bonds is 1. The third-order valence-corrected chi connectivity index (χ3v) is 3.42. The molecular weight excluding hydrogens is 184 g/mol. The molecule has 80 valence electrons. The Balaban J connectivity index is 3.13. The Kier molecular flexibility index (Phi) is 2.56. The fraction of sp³-hybridized carbons (Fsp3) is 0.800. The minimum atomic E-state index is -1.03. The molecule has 4 nitrogen and oxygen atoms in total. The molecule has 1 heterocycles. The zero-order valence-electron chi connectivity index (χ0n) is 8.79. The first-order chi connectivity index (χ1) is 6.32. The Morgan fingerprint density at radius 1 is 1.43 bits per heavy atom. The van der Waals surface area contributed by atoms with Crippen LogP contribution < -0.4 is 0 Å². The van der Waals surface area contributed by atoms with E-state index in [0.29, 0.717) is 19.4 Å². The predicted octanol–water partition coefficient (Wildman–Crippen LogP) is 1.44. The van der Waals surface area contributed by atoms with E-state index in [9.17, 15) is 9.59 Å². The number of hydrogen-bond donors (Lipinski definition) is 1. The normalized spacial score (nSPS) is 31.8. The summed E-state index contributed by atoms with van der Waals surface area (Å²) in [7, 11) is 0. The molecule has 0 aromatic heterocycles. The highest BCUT2D eigenvalue weighted by Crippen LogP contribution is 2.45. The van der Waals surface area contributed by atoms with Gasteiger partial charge in [-0.3, -0.25) is 9.59 Å². The van der Waals surface area contributed by atoms with Gasteiger partial charge in [-0.1, -0.05) is 0 Å². The molecule has 4 heteroatoms. The summed E-state index contributed by atoms with van der Waals surface area (Å²) in [6.45, 7) is 5.20. The van der Waals surface area contributed by atoms with Crippen LogP contribution in [0.25, 0.3) is 0 Å². The SMILES string of the molecule is CC1(C)C(=O)OCCCC1(C)C(=O)O. The van der Waals surface area contributed by atoms with Crippen molar-refractivity contribution in [1.29, 1.82) is 0 Å². The van der Waals surface area contributed by atoms with Gasteiger partial charge >= 0.3 is 11.9 Å². The van der Waals surface area contributed by atoms with Crippen LogP contribution >= 0.6 is 0 Å². The van der Waals surface area contributed by atoms with Crippen LogP contribution in [0.15, 0.2) is 0 Å². The van der Waals surface area contributed by atoms with Crippen molar-refractivity contribution >= 4 is 11.9 Å². The lowest BCUT2D eigenvalue weighted by molar-refractivity contribution is -0.170. The van der Waals surface area contributed by atoms with Crippen molar-refractivity contribution in [2.75, 3.05) is 6.61 Å². The molecule has 0 aromatic carbocycles. The summed E-state index contributed by atoms with van der Waals surface area (Å²) in [6, 6.07) is 0. The van der Waals surface area contributed by atoms with Gasteiger partial charge in [0.15, 0.2) is 0 Å². The van der Waals surface area contributed by atoms with Crippen LogP contribution in [-0.4, -0.2) is 23.7 Å². The minimum absolute atomic E-state index is 0.325. The first-order valence-electron chi connectivity index (χ1n) is 4.73. The Bertz CT molecular complexity index is 269. The minimum Gasteiger partial charge on any atom is -0.481 e. The lowest BCUT2D eigenvalue weighted by atomic mass is 9.64. The van der Waals surface area contributed by atoms with Crippen molar-refractivity contribution in [2.45, 2.75) is 33.6 Å². The Labute approximate surface area is 83.2 Å². The van der Waals surface area contributed by atoms with E-state index in [-0.39, 0.29) is 0 Å². The van der Waals surface area contributed by atoms with Crippen LogP contribution in [0.4, 0.5) is 0 Å². The Morgan fingerprint density at radius 3 is 2.50 bits per heavy atom. The maximum Gasteiger partial charge on any atom is 0.312 e. The third kappa shape index (κ3) is 1.38. The fourth-order valence-electron chi connectivity index (χ4n) is 1.68. The zero-order valence-corrected chi connectivity index (χ0v) is 8.79. The smallest absolute Gasteiger partial charge is 0.312 e. The van der Waals surface area contributed by atoms with Crippen LogP contribution in [0.1, 0.15) is 33.6 Å². The molecule has 1 rings (SSSR count). The molecule has 0 aliphatic carbocycles. The molecule has 1 aliphatic rings. The number of carbonyl (C=O) groups is 2. The molecule has 1 aliphatic heterocycles. The first-order valence-corrected chi connectivity index (χ1v) is 4.73. The number of esters is 1. The second-order valence-corrected chi connectivity index (χ2v) is 4.50. The van der Waals surface area contributed by atoms with Crippen molar-refractivity contribution in [2.24, 2.45) is 10.8 Å². The molecule has 14 heavy (non-hydrogen) atoms. The fourth-order valence-corrected chi connectivity index (χ4v) is 1.68. The van der Waals surface area contributed by atoms with E-state index >= 15 is 0 Å². The Hall–Kier alpha value is -1.06. The molecule has 0 aromatic rings. The van der Waals surface area contributed by atoms with Crippen LogP contribution in [-0.2, 0) is 14.3 Å². The van der Waals surface area contributed by atoms with Crippen molar-refractivity contribution in [3.63, 3.8) is 0 Å². The third-order valence-electron chi connectivity index (χ3n) is 3.42. The number of carboxylic acids is 1. The van der Waals surface area contributed by atoms with Crippen molar-refractivity contribution in [3.8, 4) is 0 Å². The molecule has 0 amide bonds. The first kappa shape index (κ1) is 11.0. The molecule has 1 fully saturated rings. The second kappa shape index (κ2) is 3.26. The van der Waals surface area contributed by atoms with Gasteiger partial charge in [-0.25, -0.2) is 0 Å². The number of ether oxygens (including phenoxy) is 1. The number of cyclic esters (lactones) is 1. The predicted molar refractivity (Wildman–Crippen MR) is 49.7 cm³/mol. The quantitative estimate of drug-likeness (QED) is 0.650. The van der Waals surface area contributed by atoms with Gasteiger partial charge in [-0.2, -0.15) is 0 Å². The molecule has 0 bridgehead atoms. The number of aliphatic carboxylic acids is 1. The highest BCUT2D eigenvalue weighted by Gasteiger charge is 2.53. The van der Waals surface area contributed by atoms with Gasteiger partial charge < -0.3 is 9.84 Å². The van der Waals surface area contributed by atoms with E-state index < -0.39 is 22.8 Å². The Morgan fingerprint density at radius 2 is 2.00 bits per heavy atom. The van der Waals surface area contributed by atoms with Gasteiger partial charge in [0.2, 0.25) is 0 Å². The van der Waals surface area contributed by atoms with Crippen molar-refractivity contribution in [1.82, 2.24) is 0 Å². The highest BCUT2D eigenvalue weighted by atomic mass is 16.5. The van der Waals surface area contributed by atoms with Crippen molar-refractivity contribution < 1.29 is 19.4 Å². The standard InChI is InChI=1S/C10H16O4/c1-9(2)8(13)14-6-4-5-10(9,3)7(11)12/h4-6H2,1-3H3,(H,11,12). The van der Waals surface area contributed by atoms with E-state index in [1.165, 1.54) is 0 Å². The molecule has 1 saturated heterocycles. The summed E-state index contributed by atoms with van der Waals surface area (Å²) < 4.78 is 4.96. The van der Waals surface area contributed by atoms with Gasteiger partial charge in [0.05, 0.1) is 17.4 Å². The largest absolute Gasteiger partial charge is 0.481 e. The summed E-state index contributed by atoms with van der Waals surface area (Å²) in [4.78, 5) is 22.8. The van der Waals surface area contributed by atoms with E-state index in [2.05, 4.69) is 0 Å². The van der Waals surface area contributed by atoms with E-state index in [1.807, 2.05) is 0 Å². The highest BCUT2D eigenvalue weighted by molar-refractivity contribution is 5.87. The van der Waals surface area contributed by atoms with Gasteiger partial charge in [0, 0.05) is 0 Å². The number of carboxylic acid groups (broad SMARTS) is 1. The van der Waals surface area contributed by atoms with Gasteiger partial charge in [-0.15, -0.1) is 0 Å². The summed E-state index contributed by atoms with van der Waals surface area (Å²) in [6.07, 6.45) is 1.08. The van der Waals surface area contributed by atoms with E-state index in [4.69, 9.17) is 9.84 Å².